The van der Waals surface area contributed by atoms with Crippen LogP contribution in [0.25, 0.3) is 0 Å². The van der Waals surface area contributed by atoms with E-state index in [9.17, 15) is 9.59 Å². The topological polar surface area (TPSA) is 68.3 Å². The number of hydrogen-bond donors (Lipinski definition) is 1. The zero-order chi connectivity index (χ0) is 19.2. The molecule has 27 heavy (non-hydrogen) atoms. The Morgan fingerprint density at radius 1 is 1.00 bits per heavy atom. The Morgan fingerprint density at radius 3 is 2.30 bits per heavy atom. The third-order valence-electron chi connectivity index (χ3n) is 3.88. The van der Waals surface area contributed by atoms with Gasteiger partial charge < -0.3 is 10.1 Å². The number of nitrogens with zero attached hydrogens (tertiary/aromatic N) is 1. The summed E-state index contributed by atoms with van der Waals surface area (Å²) in [6.45, 7) is 4.04. The molecule has 138 valence electrons. The monoisotopic (exact) mass is 380 g/mol. The van der Waals surface area contributed by atoms with Gasteiger partial charge in [0.25, 0.3) is 0 Å². The molecule has 5 nitrogen and oxygen atoms in total. The molecule has 0 saturated carbocycles. The van der Waals surface area contributed by atoms with Gasteiger partial charge in [-0.2, -0.15) is 0 Å². The number of carbonyl (C=O) groups excluding carboxylic acids is 2. The van der Waals surface area contributed by atoms with Gasteiger partial charge in [0.2, 0.25) is 5.91 Å². The maximum Gasteiger partial charge on any atom is 0.338 e. The maximum atomic E-state index is 12.1. The predicted octanol–water partition coefficient (Wildman–Crippen LogP) is 4.30. The molecule has 0 saturated heterocycles. The summed E-state index contributed by atoms with van der Waals surface area (Å²) < 4.78 is 5.28. The summed E-state index contributed by atoms with van der Waals surface area (Å²) in [5.41, 5.74) is 4.12. The van der Waals surface area contributed by atoms with E-state index in [0.717, 1.165) is 16.8 Å². The third kappa shape index (κ3) is 5.49. The normalized spacial score (nSPS) is 10.4. The van der Waals surface area contributed by atoms with Crippen molar-refractivity contribution in [1.82, 2.24) is 4.98 Å². The minimum absolute atomic E-state index is 0.0861. The van der Waals surface area contributed by atoms with Gasteiger partial charge in [0.15, 0.2) is 0 Å². The van der Waals surface area contributed by atoms with Crippen molar-refractivity contribution in [3.05, 3.63) is 81.3 Å². The minimum atomic E-state index is -0.387. The minimum Gasteiger partial charge on any atom is -0.456 e. The smallest absolute Gasteiger partial charge is 0.338 e. The summed E-state index contributed by atoms with van der Waals surface area (Å²) in [6.07, 6.45) is 0.185. The molecule has 0 aliphatic heterocycles. The number of aryl methyl sites for hydroxylation is 2. The highest BCUT2D eigenvalue weighted by atomic mass is 32.1. The molecular formula is C21H20N2O3S. The molecule has 0 fully saturated rings. The second-order valence-electron chi connectivity index (χ2n) is 6.27. The highest BCUT2D eigenvalue weighted by molar-refractivity contribution is 7.09. The number of rotatable bonds is 6. The van der Waals surface area contributed by atoms with E-state index in [1.54, 1.807) is 17.5 Å². The second-order valence-corrected chi connectivity index (χ2v) is 7.21. The van der Waals surface area contributed by atoms with Crippen LogP contribution in [0, 0.1) is 13.8 Å². The van der Waals surface area contributed by atoms with E-state index in [1.807, 2.05) is 50.2 Å². The summed E-state index contributed by atoms with van der Waals surface area (Å²) in [5.74, 6) is -0.516. The molecule has 1 N–H and O–H groups in total. The summed E-state index contributed by atoms with van der Waals surface area (Å²) in [6, 6.07) is 14.8. The summed E-state index contributed by atoms with van der Waals surface area (Å²) >= 11 is 1.38. The number of thiazole rings is 1. The standard InChI is InChI=1S/C21H20N2O3S/c1-14-3-7-16(8-4-14)21(25)26-12-18-13-27-20(23-18)11-19(24)22-17-9-5-15(2)6-10-17/h3-10,13H,11-12H2,1-2H3,(H,22,24). The molecule has 3 rings (SSSR count). The Balaban J connectivity index is 1.50. The van der Waals surface area contributed by atoms with Crippen molar-refractivity contribution in [2.45, 2.75) is 26.9 Å². The van der Waals surface area contributed by atoms with E-state index >= 15 is 0 Å². The van der Waals surface area contributed by atoms with Crippen molar-refractivity contribution >= 4 is 28.9 Å². The van der Waals surface area contributed by atoms with Crippen molar-refractivity contribution in [2.75, 3.05) is 5.32 Å². The summed E-state index contributed by atoms with van der Waals surface area (Å²) in [7, 11) is 0. The molecule has 1 heterocycles. The molecule has 0 spiro atoms. The first-order valence-corrected chi connectivity index (χ1v) is 9.41. The lowest BCUT2D eigenvalue weighted by Gasteiger charge is -2.04. The number of anilines is 1. The van der Waals surface area contributed by atoms with Crippen LogP contribution in [-0.2, 0) is 22.6 Å². The van der Waals surface area contributed by atoms with Gasteiger partial charge in [0, 0.05) is 11.1 Å². The molecule has 1 aromatic heterocycles. The summed E-state index contributed by atoms with van der Waals surface area (Å²) in [5, 5.41) is 5.33. The molecule has 0 aliphatic rings. The average Bonchev–Trinajstić information content (AvgIpc) is 3.09. The van der Waals surface area contributed by atoms with Crippen molar-refractivity contribution in [1.29, 1.82) is 0 Å². The van der Waals surface area contributed by atoms with Crippen molar-refractivity contribution < 1.29 is 14.3 Å². The molecule has 6 heteroatoms. The van der Waals surface area contributed by atoms with Crippen LogP contribution in [0.2, 0.25) is 0 Å². The number of ether oxygens (including phenoxy) is 1. The highest BCUT2D eigenvalue weighted by Gasteiger charge is 2.11. The van der Waals surface area contributed by atoms with Gasteiger partial charge in [-0.15, -0.1) is 11.3 Å². The largest absolute Gasteiger partial charge is 0.456 e. The first-order valence-electron chi connectivity index (χ1n) is 8.53. The van der Waals surface area contributed by atoms with Crippen LogP contribution < -0.4 is 5.32 Å². The first kappa shape index (κ1) is 18.8. The van der Waals surface area contributed by atoms with E-state index in [4.69, 9.17) is 4.74 Å². The molecule has 0 radical (unpaired) electrons. The van der Waals surface area contributed by atoms with Crippen LogP contribution >= 0.6 is 11.3 Å². The number of hydrogen-bond acceptors (Lipinski definition) is 5. The van der Waals surface area contributed by atoms with Crippen molar-refractivity contribution in [3.63, 3.8) is 0 Å². The van der Waals surface area contributed by atoms with Crippen molar-refractivity contribution in [2.24, 2.45) is 0 Å². The zero-order valence-electron chi connectivity index (χ0n) is 15.2. The van der Waals surface area contributed by atoms with Crippen molar-refractivity contribution in [3.8, 4) is 0 Å². The van der Waals surface area contributed by atoms with Gasteiger partial charge >= 0.3 is 5.97 Å². The van der Waals surface area contributed by atoms with E-state index in [1.165, 1.54) is 11.3 Å². The van der Waals surface area contributed by atoms with Crippen LogP contribution in [0.5, 0.6) is 0 Å². The SMILES string of the molecule is Cc1ccc(NC(=O)Cc2nc(COC(=O)c3ccc(C)cc3)cs2)cc1. The molecule has 0 aliphatic carbocycles. The Labute approximate surface area is 162 Å². The van der Waals surface area contributed by atoms with E-state index < -0.39 is 0 Å². The fourth-order valence-corrected chi connectivity index (χ4v) is 3.17. The molecular weight excluding hydrogens is 360 g/mol. The van der Waals surface area contributed by atoms with Gasteiger partial charge in [0.05, 0.1) is 17.7 Å². The van der Waals surface area contributed by atoms with E-state index in [2.05, 4.69) is 10.3 Å². The lowest BCUT2D eigenvalue weighted by molar-refractivity contribution is -0.115. The molecule has 0 bridgehead atoms. The Hall–Kier alpha value is -2.99. The molecule has 0 unspecified atom stereocenters. The fourth-order valence-electron chi connectivity index (χ4n) is 2.39. The highest BCUT2D eigenvalue weighted by Crippen LogP contribution is 2.14. The van der Waals surface area contributed by atoms with Crippen LogP contribution in [-0.4, -0.2) is 16.9 Å². The lowest BCUT2D eigenvalue weighted by atomic mass is 10.1. The molecule has 1 amide bonds. The number of carbonyl (C=O) groups is 2. The number of aromatic nitrogens is 1. The second kappa shape index (κ2) is 8.60. The van der Waals surface area contributed by atoms with E-state index in [-0.39, 0.29) is 24.9 Å². The number of esters is 1. The zero-order valence-corrected chi connectivity index (χ0v) is 16.0. The molecule has 0 atom stereocenters. The van der Waals surface area contributed by atoms with Crippen LogP contribution in [0.1, 0.15) is 32.2 Å². The van der Waals surface area contributed by atoms with Gasteiger partial charge in [0.1, 0.15) is 11.6 Å². The maximum absolute atomic E-state index is 12.1. The molecule has 3 aromatic rings. The van der Waals surface area contributed by atoms with Gasteiger partial charge in [-0.3, -0.25) is 4.79 Å². The predicted molar refractivity (Wildman–Crippen MR) is 106 cm³/mol. The quantitative estimate of drug-likeness (QED) is 0.648. The Kier molecular flexibility index (Phi) is 5.98. The number of amides is 1. The van der Waals surface area contributed by atoms with Gasteiger partial charge in [-0.1, -0.05) is 35.4 Å². The Morgan fingerprint density at radius 2 is 1.63 bits per heavy atom. The first-order chi connectivity index (χ1) is 13.0. The van der Waals surface area contributed by atoms with Crippen LogP contribution in [0.3, 0.4) is 0 Å². The van der Waals surface area contributed by atoms with Gasteiger partial charge in [-0.05, 0) is 38.1 Å². The lowest BCUT2D eigenvalue weighted by Crippen LogP contribution is -2.14. The van der Waals surface area contributed by atoms with Gasteiger partial charge in [-0.25, -0.2) is 9.78 Å². The number of nitrogens with one attached hydrogen (secondary N) is 1. The number of benzene rings is 2. The van der Waals surface area contributed by atoms with E-state index in [0.29, 0.717) is 16.3 Å². The fraction of sp³-hybridized carbons (Fsp3) is 0.190. The third-order valence-corrected chi connectivity index (χ3v) is 4.78. The summed E-state index contributed by atoms with van der Waals surface area (Å²) in [4.78, 5) is 28.5. The van der Waals surface area contributed by atoms with Crippen LogP contribution in [0.4, 0.5) is 5.69 Å². The Bertz CT molecular complexity index is 931. The average molecular weight is 380 g/mol. The molecule has 2 aromatic carbocycles. The van der Waals surface area contributed by atoms with Crippen LogP contribution in [0.15, 0.2) is 53.9 Å².